The molecule has 2 aromatic rings. The molecular formula is C12H10F2N2O4S. The number of anilines is 1. The van der Waals surface area contributed by atoms with Gasteiger partial charge in [-0.2, -0.15) is 0 Å². The zero-order chi connectivity index (χ0) is 15.8. The molecule has 21 heavy (non-hydrogen) atoms. The summed E-state index contributed by atoms with van der Waals surface area (Å²) in [6.07, 6.45) is 0.965. The molecule has 0 unspecified atom stereocenters. The lowest BCUT2D eigenvalue weighted by atomic mass is 10.3. The largest absolute Gasteiger partial charge is 0.477 e. The molecule has 1 aromatic heterocycles. The van der Waals surface area contributed by atoms with Gasteiger partial charge in [0.2, 0.25) is 0 Å². The summed E-state index contributed by atoms with van der Waals surface area (Å²) in [5, 5.41) is 8.75. The van der Waals surface area contributed by atoms with Gasteiger partial charge >= 0.3 is 5.97 Å². The van der Waals surface area contributed by atoms with Crippen molar-refractivity contribution in [3.05, 3.63) is 47.8 Å². The predicted molar refractivity (Wildman–Crippen MR) is 69.7 cm³/mol. The van der Waals surface area contributed by atoms with E-state index in [0.29, 0.717) is 4.31 Å². The van der Waals surface area contributed by atoms with E-state index < -0.39 is 33.3 Å². The monoisotopic (exact) mass is 316 g/mol. The number of hydrogen-bond acceptors (Lipinski definition) is 3. The van der Waals surface area contributed by atoms with Crippen LogP contribution in [0.3, 0.4) is 0 Å². The van der Waals surface area contributed by atoms with Gasteiger partial charge in [-0.05, 0) is 18.2 Å². The van der Waals surface area contributed by atoms with E-state index in [-0.39, 0.29) is 10.6 Å². The van der Waals surface area contributed by atoms with Gasteiger partial charge in [-0.3, -0.25) is 4.31 Å². The first-order valence-electron chi connectivity index (χ1n) is 5.59. The molecule has 0 radical (unpaired) electrons. The quantitative estimate of drug-likeness (QED) is 0.900. The normalized spacial score (nSPS) is 11.4. The SMILES string of the molecule is CN(c1cc(F)ccc1F)S(=O)(=O)c1c[nH]c(C(=O)O)c1. The van der Waals surface area contributed by atoms with Crippen molar-refractivity contribution < 1.29 is 27.1 Å². The first kappa shape index (κ1) is 15.0. The molecule has 2 N–H and O–H groups in total. The van der Waals surface area contributed by atoms with Crippen LogP contribution in [0, 0.1) is 11.6 Å². The van der Waals surface area contributed by atoms with E-state index in [1.54, 1.807) is 0 Å². The Hall–Kier alpha value is -2.42. The second kappa shape index (κ2) is 5.17. The number of carboxylic acid groups (broad SMARTS) is 1. The van der Waals surface area contributed by atoms with Crippen molar-refractivity contribution in [1.29, 1.82) is 0 Å². The summed E-state index contributed by atoms with van der Waals surface area (Å²) >= 11 is 0. The Morgan fingerprint density at radius 1 is 1.29 bits per heavy atom. The molecule has 0 saturated carbocycles. The Kier molecular flexibility index (Phi) is 3.69. The van der Waals surface area contributed by atoms with Gasteiger partial charge in [0.25, 0.3) is 10.0 Å². The Morgan fingerprint density at radius 3 is 2.52 bits per heavy atom. The van der Waals surface area contributed by atoms with Gasteiger partial charge in [-0.1, -0.05) is 0 Å². The number of nitrogens with zero attached hydrogens (tertiary/aromatic N) is 1. The van der Waals surface area contributed by atoms with E-state index in [2.05, 4.69) is 4.98 Å². The molecule has 2 rings (SSSR count). The van der Waals surface area contributed by atoms with Crippen LogP contribution in [0.15, 0.2) is 35.4 Å². The molecule has 112 valence electrons. The van der Waals surface area contributed by atoms with Gasteiger partial charge in [-0.25, -0.2) is 22.0 Å². The second-order valence-electron chi connectivity index (χ2n) is 4.12. The van der Waals surface area contributed by atoms with Crippen LogP contribution in [0.2, 0.25) is 0 Å². The molecule has 0 aliphatic carbocycles. The van der Waals surface area contributed by atoms with E-state index in [1.165, 1.54) is 0 Å². The number of halogens is 2. The maximum atomic E-state index is 13.6. The van der Waals surface area contributed by atoms with Crippen molar-refractivity contribution in [2.75, 3.05) is 11.4 Å². The summed E-state index contributed by atoms with van der Waals surface area (Å²) in [4.78, 5) is 12.6. The number of hydrogen-bond donors (Lipinski definition) is 2. The number of carbonyl (C=O) groups is 1. The van der Waals surface area contributed by atoms with Crippen LogP contribution in [0.1, 0.15) is 10.5 Å². The third-order valence-electron chi connectivity index (χ3n) is 2.79. The lowest BCUT2D eigenvalue weighted by Crippen LogP contribution is -2.27. The average molecular weight is 316 g/mol. The molecule has 0 amide bonds. The molecule has 0 saturated heterocycles. The first-order valence-corrected chi connectivity index (χ1v) is 7.03. The van der Waals surface area contributed by atoms with Gasteiger partial charge in [0, 0.05) is 19.3 Å². The fourth-order valence-corrected chi connectivity index (χ4v) is 2.85. The summed E-state index contributed by atoms with van der Waals surface area (Å²) in [5.74, 6) is -3.05. The fourth-order valence-electron chi connectivity index (χ4n) is 1.66. The van der Waals surface area contributed by atoms with Crippen molar-refractivity contribution in [2.24, 2.45) is 0 Å². The summed E-state index contributed by atoms with van der Waals surface area (Å²) in [6, 6.07) is 3.29. The average Bonchev–Trinajstić information content (AvgIpc) is 2.91. The van der Waals surface area contributed by atoms with E-state index >= 15 is 0 Å². The fraction of sp³-hybridized carbons (Fsp3) is 0.0833. The van der Waals surface area contributed by atoms with Crippen LogP contribution >= 0.6 is 0 Å². The topological polar surface area (TPSA) is 90.5 Å². The maximum Gasteiger partial charge on any atom is 0.352 e. The number of H-pyrrole nitrogens is 1. The molecule has 1 aromatic carbocycles. The Balaban J connectivity index is 2.47. The van der Waals surface area contributed by atoms with E-state index in [0.717, 1.165) is 37.5 Å². The number of sulfonamides is 1. The van der Waals surface area contributed by atoms with Crippen LogP contribution in [0.5, 0.6) is 0 Å². The van der Waals surface area contributed by atoms with Crippen molar-refractivity contribution in [3.63, 3.8) is 0 Å². The number of benzene rings is 1. The highest BCUT2D eigenvalue weighted by Gasteiger charge is 2.26. The minimum atomic E-state index is -4.21. The molecule has 0 spiro atoms. The minimum Gasteiger partial charge on any atom is -0.477 e. The highest BCUT2D eigenvalue weighted by molar-refractivity contribution is 7.92. The van der Waals surface area contributed by atoms with Crippen molar-refractivity contribution in [1.82, 2.24) is 4.98 Å². The molecular weight excluding hydrogens is 306 g/mol. The van der Waals surface area contributed by atoms with Gasteiger partial charge < -0.3 is 10.1 Å². The number of rotatable bonds is 4. The summed E-state index contributed by atoms with van der Waals surface area (Å²) in [6.45, 7) is 0. The number of aromatic nitrogens is 1. The molecule has 9 heteroatoms. The zero-order valence-electron chi connectivity index (χ0n) is 10.7. The molecule has 6 nitrogen and oxygen atoms in total. The van der Waals surface area contributed by atoms with Crippen molar-refractivity contribution in [2.45, 2.75) is 4.90 Å². The molecule has 0 aliphatic heterocycles. The number of carboxylic acids is 1. The van der Waals surface area contributed by atoms with E-state index in [4.69, 9.17) is 5.11 Å². The zero-order valence-corrected chi connectivity index (χ0v) is 11.5. The molecule has 0 bridgehead atoms. The summed E-state index contributed by atoms with van der Waals surface area (Å²) in [7, 11) is -3.17. The predicted octanol–water partition coefficient (Wildman–Crippen LogP) is 1.82. The molecule has 1 heterocycles. The lowest BCUT2D eigenvalue weighted by molar-refractivity contribution is 0.0691. The van der Waals surface area contributed by atoms with E-state index in [9.17, 15) is 22.0 Å². The second-order valence-corrected chi connectivity index (χ2v) is 6.09. The highest BCUT2D eigenvalue weighted by Crippen LogP contribution is 2.25. The number of aromatic amines is 1. The third kappa shape index (κ3) is 2.72. The standard InChI is InChI=1S/C12H10F2N2O4S/c1-16(11-4-7(13)2-3-9(11)14)21(19,20)8-5-10(12(17)18)15-6-8/h2-6,15H,1H3,(H,17,18). The van der Waals surface area contributed by atoms with Crippen LogP contribution in [0.25, 0.3) is 0 Å². The minimum absolute atomic E-state index is 0.332. The van der Waals surface area contributed by atoms with E-state index in [1.807, 2.05) is 0 Å². The third-order valence-corrected chi connectivity index (χ3v) is 4.54. The van der Waals surface area contributed by atoms with Gasteiger partial charge in [0.15, 0.2) is 0 Å². The van der Waals surface area contributed by atoms with Crippen LogP contribution < -0.4 is 4.31 Å². The first-order chi connectivity index (χ1) is 9.73. The lowest BCUT2D eigenvalue weighted by Gasteiger charge is -2.19. The van der Waals surface area contributed by atoms with Crippen LogP contribution in [-0.4, -0.2) is 31.5 Å². The van der Waals surface area contributed by atoms with Gasteiger partial charge in [0.05, 0.1) is 5.69 Å². The summed E-state index contributed by atoms with van der Waals surface area (Å²) in [5.41, 5.74) is -0.810. The summed E-state index contributed by atoms with van der Waals surface area (Å²) < 4.78 is 51.8. The van der Waals surface area contributed by atoms with Crippen LogP contribution in [-0.2, 0) is 10.0 Å². The highest BCUT2D eigenvalue weighted by atomic mass is 32.2. The number of aromatic carboxylic acids is 1. The molecule has 0 aliphatic rings. The van der Waals surface area contributed by atoms with Gasteiger partial charge in [0.1, 0.15) is 22.2 Å². The molecule has 0 atom stereocenters. The number of nitrogens with one attached hydrogen (secondary N) is 1. The Morgan fingerprint density at radius 2 is 1.95 bits per heavy atom. The Bertz CT molecular complexity index is 801. The van der Waals surface area contributed by atoms with Crippen LogP contribution in [0.4, 0.5) is 14.5 Å². The smallest absolute Gasteiger partial charge is 0.352 e. The molecule has 0 fully saturated rings. The Labute approximate surface area is 118 Å². The maximum absolute atomic E-state index is 13.6. The van der Waals surface area contributed by atoms with Crippen molar-refractivity contribution >= 4 is 21.7 Å². The van der Waals surface area contributed by atoms with Gasteiger partial charge in [-0.15, -0.1) is 0 Å². The van der Waals surface area contributed by atoms with Crippen molar-refractivity contribution in [3.8, 4) is 0 Å².